The highest BCUT2D eigenvalue weighted by Gasteiger charge is 2.18. The second kappa shape index (κ2) is 8.75. The molecule has 2 atom stereocenters. The molecular weight excluding hydrogens is 322 g/mol. The van der Waals surface area contributed by atoms with Crippen molar-refractivity contribution in [3.05, 3.63) is 18.0 Å². The van der Waals surface area contributed by atoms with Crippen LogP contribution in [-0.2, 0) is 11.2 Å². The van der Waals surface area contributed by atoms with E-state index >= 15 is 0 Å². The summed E-state index contributed by atoms with van der Waals surface area (Å²) in [5.74, 6) is 1.19. The van der Waals surface area contributed by atoms with Crippen LogP contribution in [0.1, 0.15) is 46.4 Å². The van der Waals surface area contributed by atoms with Crippen LogP contribution < -0.4 is 10.1 Å². The van der Waals surface area contributed by atoms with Gasteiger partial charge < -0.3 is 15.2 Å². The molecule has 2 aromatic rings. The molecule has 0 unspecified atom stereocenters. The second-order valence-electron chi connectivity index (χ2n) is 6.47. The lowest BCUT2D eigenvalue weighted by molar-refractivity contribution is -0.122. The van der Waals surface area contributed by atoms with Crippen molar-refractivity contribution in [2.75, 3.05) is 6.61 Å². The number of ether oxygens (including phenoxy) is 1. The van der Waals surface area contributed by atoms with E-state index in [4.69, 9.17) is 4.74 Å². The van der Waals surface area contributed by atoms with Crippen molar-refractivity contribution >= 4 is 11.6 Å². The monoisotopic (exact) mass is 349 g/mol. The van der Waals surface area contributed by atoms with E-state index in [1.807, 2.05) is 27.7 Å². The van der Waals surface area contributed by atoms with Crippen molar-refractivity contribution in [3.8, 4) is 5.88 Å². The first-order valence-electron chi connectivity index (χ1n) is 8.72. The predicted molar refractivity (Wildman–Crippen MR) is 93.3 cm³/mol. The Morgan fingerprint density at radius 2 is 2.08 bits per heavy atom. The third-order valence-electron chi connectivity index (χ3n) is 4.11. The van der Waals surface area contributed by atoms with E-state index < -0.39 is 0 Å². The number of nitrogens with zero attached hydrogens (tertiary/aromatic N) is 4. The lowest BCUT2D eigenvalue weighted by atomic mass is 10.00. The first-order chi connectivity index (χ1) is 11.9. The maximum absolute atomic E-state index is 12.2. The predicted octanol–water partition coefficient (Wildman–Crippen LogP) is 1.37. The highest BCUT2D eigenvalue weighted by Crippen LogP contribution is 2.12. The van der Waals surface area contributed by atoms with Gasteiger partial charge in [0, 0.05) is 18.9 Å². The zero-order valence-electron chi connectivity index (χ0n) is 15.3. The van der Waals surface area contributed by atoms with Crippen LogP contribution in [0.4, 0.5) is 0 Å². The number of carbonyl (C=O) groups is 1. The molecule has 0 aromatic carbocycles. The number of aliphatic hydroxyl groups excluding tert-OH is 1. The molecule has 25 heavy (non-hydrogen) atoms. The van der Waals surface area contributed by atoms with Crippen LogP contribution in [-0.4, -0.2) is 49.6 Å². The molecule has 0 saturated carbocycles. The number of carbonyl (C=O) groups excluding carboxylic acids is 1. The second-order valence-corrected chi connectivity index (χ2v) is 6.47. The number of hydrogen-bond acceptors (Lipinski definition) is 6. The number of fused-ring (bicyclic) bond motifs is 1. The third kappa shape index (κ3) is 5.12. The molecule has 1 amide bonds. The average molecular weight is 349 g/mol. The van der Waals surface area contributed by atoms with Crippen molar-refractivity contribution in [2.24, 2.45) is 5.92 Å². The quantitative estimate of drug-likeness (QED) is 0.709. The number of hydrogen-bond donors (Lipinski definition) is 2. The van der Waals surface area contributed by atoms with Gasteiger partial charge in [-0.3, -0.25) is 4.79 Å². The molecule has 8 heteroatoms. The van der Waals surface area contributed by atoms with E-state index in [1.165, 1.54) is 0 Å². The van der Waals surface area contributed by atoms with Gasteiger partial charge in [0.1, 0.15) is 0 Å². The molecule has 2 aromatic heterocycles. The largest absolute Gasteiger partial charge is 0.474 e. The Labute approximate surface area is 147 Å². The Morgan fingerprint density at radius 3 is 2.72 bits per heavy atom. The minimum Gasteiger partial charge on any atom is -0.474 e. The topological polar surface area (TPSA) is 102 Å². The first-order valence-corrected chi connectivity index (χ1v) is 8.72. The number of rotatable bonds is 9. The zero-order valence-corrected chi connectivity index (χ0v) is 15.3. The molecule has 0 aliphatic carbocycles. The van der Waals surface area contributed by atoms with Crippen LogP contribution in [0.2, 0.25) is 0 Å². The Balaban J connectivity index is 2.01. The van der Waals surface area contributed by atoms with Gasteiger partial charge in [0.25, 0.3) is 0 Å². The maximum Gasteiger partial charge on any atom is 0.232 e. The molecule has 0 aliphatic heterocycles. The Bertz CT molecular complexity index is 701. The summed E-state index contributed by atoms with van der Waals surface area (Å²) in [6, 6.07) is 3.31. The minimum absolute atomic E-state index is 0.0200. The summed E-state index contributed by atoms with van der Waals surface area (Å²) >= 11 is 0. The summed E-state index contributed by atoms with van der Waals surface area (Å²) in [4.78, 5) is 12.2. The first kappa shape index (κ1) is 19.1. The summed E-state index contributed by atoms with van der Waals surface area (Å²) in [6.07, 6.45) is 1.57. The average Bonchev–Trinajstić information content (AvgIpc) is 2.99. The number of amides is 1. The van der Waals surface area contributed by atoms with Crippen molar-refractivity contribution in [1.29, 1.82) is 0 Å². The summed E-state index contributed by atoms with van der Waals surface area (Å²) in [7, 11) is 0. The molecule has 0 radical (unpaired) electrons. The fraction of sp³-hybridized carbons (Fsp3) is 0.647. The highest BCUT2D eigenvalue weighted by atomic mass is 16.5. The van der Waals surface area contributed by atoms with Gasteiger partial charge in [0.05, 0.1) is 18.8 Å². The van der Waals surface area contributed by atoms with Gasteiger partial charge in [-0.25, -0.2) is 0 Å². The van der Waals surface area contributed by atoms with Gasteiger partial charge in [0.2, 0.25) is 11.8 Å². The number of aryl methyl sites for hydroxylation is 1. The number of aromatic nitrogens is 4. The molecular formula is C17H27N5O3. The van der Waals surface area contributed by atoms with Gasteiger partial charge >= 0.3 is 0 Å². The lowest BCUT2D eigenvalue weighted by Crippen LogP contribution is -2.42. The van der Waals surface area contributed by atoms with Crippen molar-refractivity contribution in [2.45, 2.75) is 59.1 Å². The highest BCUT2D eigenvalue weighted by molar-refractivity contribution is 5.76. The standard InChI is InChI=1S/C17H27N5O3/c1-5-12(4)13(10-23)18-16(24)8-6-14-19-20-15-7-9-17(21-22(14)15)25-11(2)3/h7,9,11-13,23H,5-6,8,10H2,1-4H3,(H,18,24)/t12-,13+/m1/s1. The summed E-state index contributed by atoms with van der Waals surface area (Å²) < 4.78 is 7.18. The molecule has 2 rings (SSSR count). The SMILES string of the molecule is CC[C@@H](C)[C@H](CO)NC(=O)CCc1nnc2ccc(OC(C)C)nn12. The lowest BCUT2D eigenvalue weighted by Gasteiger charge is -2.21. The molecule has 138 valence electrons. The summed E-state index contributed by atoms with van der Waals surface area (Å²) in [6.45, 7) is 7.83. The summed E-state index contributed by atoms with van der Waals surface area (Å²) in [5, 5.41) is 24.8. The molecule has 0 saturated heterocycles. The van der Waals surface area contributed by atoms with E-state index in [1.54, 1.807) is 16.6 Å². The summed E-state index contributed by atoms with van der Waals surface area (Å²) in [5.41, 5.74) is 0.611. The van der Waals surface area contributed by atoms with Crippen LogP contribution >= 0.6 is 0 Å². The molecule has 0 bridgehead atoms. The van der Waals surface area contributed by atoms with Gasteiger partial charge in [-0.1, -0.05) is 20.3 Å². The minimum atomic E-state index is -0.225. The van der Waals surface area contributed by atoms with E-state index in [2.05, 4.69) is 20.6 Å². The normalized spacial score (nSPS) is 13.8. The Hall–Kier alpha value is -2.22. The fourth-order valence-corrected chi connectivity index (χ4v) is 2.43. The van der Waals surface area contributed by atoms with E-state index in [0.717, 1.165) is 6.42 Å². The van der Waals surface area contributed by atoms with Crippen molar-refractivity contribution in [1.82, 2.24) is 25.1 Å². The molecule has 2 N–H and O–H groups in total. The molecule has 2 heterocycles. The van der Waals surface area contributed by atoms with Crippen LogP contribution in [0.25, 0.3) is 5.65 Å². The molecule has 0 aliphatic rings. The van der Waals surface area contributed by atoms with Crippen LogP contribution in [0, 0.1) is 5.92 Å². The van der Waals surface area contributed by atoms with Crippen LogP contribution in [0.3, 0.4) is 0 Å². The molecule has 0 fully saturated rings. The van der Waals surface area contributed by atoms with Gasteiger partial charge in [-0.2, -0.15) is 4.52 Å². The molecule has 0 spiro atoms. The zero-order chi connectivity index (χ0) is 18.4. The van der Waals surface area contributed by atoms with Gasteiger partial charge in [-0.15, -0.1) is 15.3 Å². The Kier molecular flexibility index (Phi) is 6.69. The third-order valence-corrected chi connectivity index (χ3v) is 4.11. The van der Waals surface area contributed by atoms with Crippen molar-refractivity contribution < 1.29 is 14.6 Å². The van der Waals surface area contributed by atoms with E-state index in [0.29, 0.717) is 23.8 Å². The van der Waals surface area contributed by atoms with E-state index in [9.17, 15) is 9.90 Å². The van der Waals surface area contributed by atoms with Crippen LogP contribution in [0.15, 0.2) is 12.1 Å². The van der Waals surface area contributed by atoms with Gasteiger partial charge in [0.15, 0.2) is 11.5 Å². The molecule has 8 nitrogen and oxygen atoms in total. The van der Waals surface area contributed by atoms with Gasteiger partial charge in [-0.05, 0) is 25.8 Å². The Morgan fingerprint density at radius 1 is 1.32 bits per heavy atom. The fourth-order valence-electron chi connectivity index (χ4n) is 2.43. The van der Waals surface area contributed by atoms with E-state index in [-0.39, 0.29) is 37.0 Å². The number of nitrogens with one attached hydrogen (secondary N) is 1. The van der Waals surface area contributed by atoms with Crippen molar-refractivity contribution in [3.63, 3.8) is 0 Å². The maximum atomic E-state index is 12.2. The van der Waals surface area contributed by atoms with Crippen LogP contribution in [0.5, 0.6) is 5.88 Å². The smallest absolute Gasteiger partial charge is 0.232 e. The number of aliphatic hydroxyl groups is 1.